The zero-order chi connectivity index (χ0) is 36.4. The van der Waals surface area contributed by atoms with Crippen LogP contribution >= 0.6 is 0 Å². The maximum absolute atomic E-state index is 13.6. The number of hydrogen-bond acceptors (Lipinski definition) is 9. The average Bonchev–Trinajstić information content (AvgIpc) is 3.36. The molecule has 0 aromatic heterocycles. The van der Waals surface area contributed by atoms with E-state index in [9.17, 15) is 34.5 Å². The fourth-order valence-electron chi connectivity index (χ4n) is 10.1. The Bertz CT molecular complexity index is 1260. The van der Waals surface area contributed by atoms with E-state index in [0.717, 1.165) is 24.8 Å². The fourth-order valence-corrected chi connectivity index (χ4v) is 10.1. The molecule has 0 amide bonds. The molecule has 3 N–H and O–H groups in total. The Labute approximate surface area is 328 Å². The Morgan fingerprint density at radius 3 is 1.98 bits per heavy atom. The second-order valence-electron chi connectivity index (χ2n) is 16.1. The summed E-state index contributed by atoms with van der Waals surface area (Å²) in [5.74, 6) is -2.67. The number of fused-ring (bicyclic) bond motifs is 5. The quantitative estimate of drug-likeness (QED) is 0.0678. The molecule has 0 heterocycles. The standard InChI is InChI=1S/C41H64O9.Na.H/c1-4-5-6-7-8-9-10-11-12-13-14-15-16-17-18-19-36(46)49-28-34(45)41(48)23-22-32-31-21-20-29-24-30(43)25-35(50-37(47)27-42)40(29,3)38(31)33(44)26-39(32,41)2;;/h24-25,31-33,38,42,44,48H,4-23,26-28H2,1-3H3;;/t31-,32-,33-,38+,39-,40+,41-;;/m0../s1. The molecule has 0 aliphatic heterocycles. The first-order valence-electron chi connectivity index (χ1n) is 19.8. The van der Waals surface area contributed by atoms with Crippen molar-refractivity contribution in [2.45, 2.75) is 167 Å². The third-order valence-electron chi connectivity index (χ3n) is 13.0. The normalized spacial score (nSPS) is 31.0. The Kier molecular flexibility index (Phi) is 17.6. The number of aliphatic hydroxyl groups is 3. The monoisotopic (exact) mass is 724 g/mol. The van der Waals surface area contributed by atoms with Crippen LogP contribution in [0.1, 0.15) is 156 Å². The Morgan fingerprint density at radius 2 is 1.41 bits per heavy atom. The van der Waals surface area contributed by atoms with Gasteiger partial charge >= 0.3 is 41.5 Å². The molecule has 0 unspecified atom stereocenters. The van der Waals surface area contributed by atoms with E-state index in [1.54, 1.807) is 6.08 Å². The van der Waals surface area contributed by atoms with E-state index in [0.29, 0.717) is 19.3 Å². The summed E-state index contributed by atoms with van der Waals surface area (Å²) >= 11 is 0. The molecule has 0 spiro atoms. The molecule has 0 radical (unpaired) electrons. The van der Waals surface area contributed by atoms with E-state index in [2.05, 4.69) is 6.92 Å². The fraction of sp³-hybridized carbons (Fsp3) is 0.805. The Morgan fingerprint density at radius 1 is 0.843 bits per heavy atom. The maximum atomic E-state index is 13.6. The molecule has 4 aliphatic rings. The number of carbonyl (C=O) groups excluding carboxylic acids is 4. The molecule has 0 aromatic rings. The van der Waals surface area contributed by atoms with Gasteiger partial charge in [0.15, 0.2) is 12.4 Å². The molecule has 4 rings (SSSR count). The van der Waals surface area contributed by atoms with Crippen LogP contribution in [0, 0.1) is 28.6 Å². The number of rotatable bonds is 21. The summed E-state index contributed by atoms with van der Waals surface area (Å²) < 4.78 is 10.9. The van der Waals surface area contributed by atoms with Crippen LogP contribution in [0.25, 0.3) is 0 Å². The summed E-state index contributed by atoms with van der Waals surface area (Å²) in [6, 6.07) is 0. The zero-order valence-corrected chi connectivity index (χ0v) is 31.0. The van der Waals surface area contributed by atoms with E-state index in [1.807, 2.05) is 13.8 Å². The molecule has 10 heteroatoms. The number of aliphatic hydroxyl groups excluding tert-OH is 2. The number of allylic oxidation sites excluding steroid dienone is 3. The summed E-state index contributed by atoms with van der Waals surface area (Å²) in [6.45, 7) is 4.66. The molecule has 9 nitrogen and oxygen atoms in total. The second kappa shape index (κ2) is 20.4. The molecular weight excluding hydrogens is 659 g/mol. The minimum absolute atomic E-state index is 0. The predicted molar refractivity (Wildman–Crippen MR) is 198 cm³/mol. The number of hydrogen-bond donors (Lipinski definition) is 3. The van der Waals surface area contributed by atoms with Gasteiger partial charge in [0.25, 0.3) is 0 Å². The van der Waals surface area contributed by atoms with Crippen molar-refractivity contribution in [1.82, 2.24) is 0 Å². The molecule has 4 aliphatic carbocycles. The van der Waals surface area contributed by atoms with Crippen molar-refractivity contribution in [1.29, 1.82) is 0 Å². The first-order valence-corrected chi connectivity index (χ1v) is 19.8. The number of esters is 2. The van der Waals surface area contributed by atoms with E-state index >= 15 is 0 Å². The summed E-state index contributed by atoms with van der Waals surface area (Å²) in [7, 11) is 0. The van der Waals surface area contributed by atoms with Gasteiger partial charge in [-0.15, -0.1) is 0 Å². The van der Waals surface area contributed by atoms with E-state index in [-0.39, 0.29) is 72.2 Å². The van der Waals surface area contributed by atoms with Crippen LogP contribution in [0.3, 0.4) is 0 Å². The third-order valence-corrected chi connectivity index (χ3v) is 13.0. The van der Waals surface area contributed by atoms with Crippen LogP contribution in [-0.4, -0.2) is 93.3 Å². The first-order chi connectivity index (χ1) is 23.9. The van der Waals surface area contributed by atoms with Gasteiger partial charge < -0.3 is 24.8 Å². The van der Waals surface area contributed by atoms with Crippen LogP contribution < -0.4 is 0 Å². The van der Waals surface area contributed by atoms with Crippen LogP contribution in [0.4, 0.5) is 0 Å². The van der Waals surface area contributed by atoms with E-state index < -0.39 is 59.4 Å². The minimum atomic E-state index is -1.75. The van der Waals surface area contributed by atoms with Gasteiger partial charge in [0.2, 0.25) is 5.78 Å². The molecule has 0 bridgehead atoms. The van der Waals surface area contributed by atoms with Crippen molar-refractivity contribution >= 4 is 53.1 Å². The number of carbonyl (C=O) groups is 4. The average molecular weight is 725 g/mol. The number of unbranched alkanes of at least 4 members (excludes halogenated alkanes) is 14. The second-order valence-corrected chi connectivity index (χ2v) is 16.1. The SMILES string of the molecule is CCCCCCCCCCCCCCCCCC(=O)OCC(=O)[C@@]1(O)CC[C@H]2[C@@H]3CCC4=CC(=O)C=C(OC(=O)CO)[C@]4(C)[C@H]3[C@@H](O)C[C@@]21C.[NaH]. The number of ketones is 2. The van der Waals surface area contributed by atoms with Gasteiger partial charge in [0, 0.05) is 23.8 Å². The molecule has 3 saturated carbocycles. The van der Waals surface area contributed by atoms with Gasteiger partial charge in [0.05, 0.1) is 11.5 Å². The van der Waals surface area contributed by atoms with Crippen molar-refractivity contribution in [3.05, 3.63) is 23.5 Å². The predicted octanol–water partition coefficient (Wildman–Crippen LogP) is 6.58. The van der Waals surface area contributed by atoms with Crippen LogP contribution in [0.15, 0.2) is 23.5 Å². The topological polar surface area (TPSA) is 147 Å². The Balaban J connectivity index is 0.00000702. The number of ether oxygens (including phenoxy) is 2. The van der Waals surface area contributed by atoms with Gasteiger partial charge in [-0.05, 0) is 63.4 Å². The summed E-state index contributed by atoms with van der Waals surface area (Å²) in [5.41, 5.74) is -2.87. The van der Waals surface area contributed by atoms with Crippen molar-refractivity contribution in [3.8, 4) is 0 Å². The van der Waals surface area contributed by atoms with E-state index in [1.165, 1.54) is 83.1 Å². The first kappa shape index (κ1) is 44.0. The zero-order valence-electron chi connectivity index (χ0n) is 31.0. The number of Topliss-reactive ketones (excluding diaryl/α,β-unsaturated/α-hetero) is 1. The third kappa shape index (κ3) is 10.2. The summed E-state index contributed by atoms with van der Waals surface area (Å²) in [4.78, 5) is 50.8. The van der Waals surface area contributed by atoms with Crippen LogP contribution in [-0.2, 0) is 28.7 Å². The molecular formula is C41H65NaO9. The van der Waals surface area contributed by atoms with Crippen LogP contribution in [0.2, 0.25) is 0 Å². The van der Waals surface area contributed by atoms with Crippen molar-refractivity contribution in [3.63, 3.8) is 0 Å². The van der Waals surface area contributed by atoms with Gasteiger partial charge in [-0.2, -0.15) is 0 Å². The van der Waals surface area contributed by atoms with Gasteiger partial charge in [-0.25, -0.2) is 4.79 Å². The van der Waals surface area contributed by atoms with Crippen molar-refractivity contribution in [2.75, 3.05) is 13.2 Å². The molecule has 51 heavy (non-hydrogen) atoms. The van der Waals surface area contributed by atoms with Crippen LogP contribution in [0.5, 0.6) is 0 Å². The van der Waals surface area contributed by atoms with Crippen molar-refractivity contribution in [2.24, 2.45) is 28.6 Å². The molecule has 0 saturated heterocycles. The molecule has 0 aromatic carbocycles. The Hall–Kier alpha value is -1.36. The summed E-state index contributed by atoms with van der Waals surface area (Å²) in [5, 5.41) is 33.1. The molecule has 284 valence electrons. The van der Waals surface area contributed by atoms with Gasteiger partial charge in [-0.3, -0.25) is 14.4 Å². The van der Waals surface area contributed by atoms with E-state index in [4.69, 9.17) is 9.47 Å². The molecule has 7 atom stereocenters. The molecule has 3 fully saturated rings. The van der Waals surface area contributed by atoms with Gasteiger partial charge in [0.1, 0.15) is 18.0 Å². The summed E-state index contributed by atoms with van der Waals surface area (Å²) in [6.07, 6.45) is 22.8. The van der Waals surface area contributed by atoms with Gasteiger partial charge in [-0.1, -0.05) is 109 Å². The van der Waals surface area contributed by atoms with Crippen molar-refractivity contribution < 1.29 is 44.0 Å².